The summed E-state index contributed by atoms with van der Waals surface area (Å²) >= 11 is 0.713. The van der Waals surface area contributed by atoms with Crippen LogP contribution >= 0.6 is 11.3 Å². The van der Waals surface area contributed by atoms with Gasteiger partial charge in [0.15, 0.2) is 0 Å². The Kier molecular flexibility index (Phi) is 4.40. The molecule has 14 rings (SSSR count). The van der Waals surface area contributed by atoms with E-state index in [0.29, 0.717) is 11.3 Å². The number of fused-ring (bicyclic) bond motifs is 14. The largest absolute Gasteiger partial charge is 0.468 e. The van der Waals surface area contributed by atoms with Crippen LogP contribution in [0.25, 0.3) is 69.8 Å². The molecule has 3 aromatic heterocycles. The topological polar surface area (TPSA) is 24.6 Å². The minimum Gasteiger partial charge on any atom is -0.468 e. The van der Waals surface area contributed by atoms with Crippen molar-refractivity contribution in [1.29, 1.82) is 0 Å². The molecule has 0 unspecified atom stereocenters. The lowest BCUT2D eigenvalue weighted by Gasteiger charge is -2.45. The molecule has 6 heterocycles. The molecule has 3 aliphatic rings. The molecule has 11 aromatic rings. The highest BCUT2D eigenvalue weighted by Crippen LogP contribution is 2.56. The summed E-state index contributed by atoms with van der Waals surface area (Å²) in [5, 5.41) is -0.874. The molecule has 0 aliphatic carbocycles. The highest BCUT2D eigenvalue weighted by molar-refractivity contribution is 7.26. The molecule has 0 amide bonds. The number of thiophene rings is 1. The van der Waals surface area contributed by atoms with Crippen molar-refractivity contribution in [2.45, 2.75) is 78.6 Å². The average Bonchev–Trinajstić information content (AvgIpc) is 1.60. The van der Waals surface area contributed by atoms with Gasteiger partial charge in [0.1, 0.15) is 5.58 Å². The molecule has 8 aromatic carbocycles. The number of benzene rings is 8. The highest BCUT2D eigenvalue weighted by atomic mass is 32.1. The first kappa shape index (κ1) is 22.4. The zero-order chi connectivity index (χ0) is 68.1. The van der Waals surface area contributed by atoms with E-state index in [0.717, 1.165) is 0 Å². The SMILES string of the molecule is [2H]c1c([2H])c([2H])c(-c2c([2H])c([2H])c3oc4c(c3c2[2H])N(c2c([2H])c([2H])c([2H])c3c2sc2c([2H])c([2H])c([2H])c([2H])c23)c2c([2H])c(C(C)(C)C)c([2H])c3c2B4c2c([2H])c([2H])c([2H])c4c2N3c2c([2H])c(C(C)(C)C)c([2H])c3c5c([2H])c(C(C)(C)C)c([2H])c([2H])c5n-4c23)c([2H])c1[2H]. The minimum absolute atomic E-state index is 0.00541. The van der Waals surface area contributed by atoms with E-state index >= 15 is 0 Å². The molecule has 0 spiro atoms. The maximum atomic E-state index is 10.8. The van der Waals surface area contributed by atoms with Crippen molar-refractivity contribution in [3.63, 3.8) is 0 Å². The molecule has 0 radical (unpaired) electrons. The lowest BCUT2D eigenvalue weighted by molar-refractivity contribution is 0.590. The van der Waals surface area contributed by atoms with E-state index in [2.05, 4.69) is 0 Å². The van der Waals surface area contributed by atoms with Crippen LogP contribution in [-0.4, -0.2) is 11.3 Å². The first-order valence-corrected chi connectivity index (χ1v) is 23.0. The third-order valence-corrected chi connectivity index (χ3v) is 14.2. The van der Waals surface area contributed by atoms with Crippen LogP contribution in [-0.2, 0) is 16.2 Å². The zero-order valence-electron chi connectivity index (χ0n) is 63.2. The molecule has 330 valence electrons. The summed E-state index contributed by atoms with van der Waals surface area (Å²) in [5.41, 5.74) is -7.72. The van der Waals surface area contributed by atoms with Crippen LogP contribution in [0.4, 0.5) is 34.1 Å². The third-order valence-electron chi connectivity index (χ3n) is 13.1. The fraction of sp³-hybridized carbons (Fsp3) is 0.194. The Bertz CT molecular complexity index is 5470. The standard InChI is InChI=1S/C62H52BN3OS/c1-60(2,3)37-26-27-46-42(30-37)43-31-38(61(4,5)6)34-51-55(43)64(46)47-22-16-21-45-57(47)66(51)50-33-39(62(7,8)9)32-49-54(50)63(45)59-56(44-29-36(25-28-52(44)67-59)35-17-11-10-12-18-35)65(49)48-23-15-20-41-40-19-13-14-24-53(40)68-58(41)48/h10-34H,1-9H3/i10D,11D,12D,13D,14D,15D,16D,17D,18D,19D,20D,21D,22D,23D,24D,25D,26D,27D,28D,29D,30D,31D,32D,33D,34D. The number of anilines is 6. The van der Waals surface area contributed by atoms with E-state index in [1.54, 1.807) is 62.3 Å². The molecule has 6 heteroatoms. The number of rotatable bonds is 2. The normalized spacial score (nSPS) is 19.3. The predicted molar refractivity (Wildman–Crippen MR) is 293 cm³/mol. The summed E-state index contributed by atoms with van der Waals surface area (Å²) < 4.78 is 250. The van der Waals surface area contributed by atoms with Crippen molar-refractivity contribution in [3.8, 4) is 16.8 Å². The van der Waals surface area contributed by atoms with Crippen LogP contribution in [0, 0.1) is 0 Å². The van der Waals surface area contributed by atoms with Crippen LogP contribution in [0.2, 0.25) is 0 Å². The molecule has 0 saturated carbocycles. The van der Waals surface area contributed by atoms with Crippen LogP contribution in [0.15, 0.2) is 155 Å². The minimum atomic E-state index is -1.75. The maximum absolute atomic E-state index is 10.8. The first-order chi connectivity index (χ1) is 43.1. The Morgan fingerprint density at radius 1 is 0.485 bits per heavy atom. The van der Waals surface area contributed by atoms with Crippen molar-refractivity contribution in [2.24, 2.45) is 0 Å². The Hall–Kier alpha value is -7.02. The fourth-order valence-electron chi connectivity index (χ4n) is 9.81. The number of hydrogen-bond donors (Lipinski definition) is 0. The number of aromatic nitrogens is 1. The van der Waals surface area contributed by atoms with E-state index in [1.165, 1.54) is 14.4 Å². The Balaban J connectivity index is 1.30. The van der Waals surface area contributed by atoms with Crippen LogP contribution in [0.3, 0.4) is 0 Å². The molecule has 3 aliphatic heterocycles. The van der Waals surface area contributed by atoms with E-state index < -0.39 is 177 Å². The molecule has 4 nitrogen and oxygen atoms in total. The summed E-state index contributed by atoms with van der Waals surface area (Å²) in [6.07, 6.45) is 0. The second-order valence-corrected chi connectivity index (χ2v) is 21.6. The van der Waals surface area contributed by atoms with Gasteiger partial charge in [0.2, 0.25) is 0 Å². The molecule has 68 heavy (non-hydrogen) atoms. The Morgan fingerprint density at radius 3 is 1.90 bits per heavy atom. The van der Waals surface area contributed by atoms with Gasteiger partial charge in [0, 0.05) is 43.0 Å². The van der Waals surface area contributed by atoms with Crippen LogP contribution in [0.1, 0.15) is 113 Å². The highest BCUT2D eigenvalue weighted by Gasteiger charge is 2.50. The maximum Gasteiger partial charge on any atom is 0.297 e. The van der Waals surface area contributed by atoms with Crippen LogP contribution in [0.5, 0.6) is 0 Å². The van der Waals surface area contributed by atoms with Gasteiger partial charge in [-0.3, -0.25) is 0 Å². The molecule has 0 atom stereocenters. The lowest BCUT2D eigenvalue weighted by Crippen LogP contribution is -2.61. The monoisotopic (exact) mass is 923 g/mol. The molecule has 0 bridgehead atoms. The lowest BCUT2D eigenvalue weighted by atomic mass is 9.35. The second-order valence-electron chi connectivity index (χ2n) is 20.6. The van der Waals surface area contributed by atoms with Crippen molar-refractivity contribution >= 4 is 122 Å². The van der Waals surface area contributed by atoms with Gasteiger partial charge >= 0.3 is 0 Å². The Morgan fingerprint density at radius 2 is 1.13 bits per heavy atom. The predicted octanol–water partition coefficient (Wildman–Crippen LogP) is 15.9. The summed E-state index contributed by atoms with van der Waals surface area (Å²) in [6, 6.07) is -15.9. The Labute approximate surface area is 437 Å². The van der Waals surface area contributed by atoms with E-state index in [4.69, 9.17) is 14.0 Å². The molecule has 0 fully saturated rings. The van der Waals surface area contributed by atoms with Crippen molar-refractivity contribution in [3.05, 3.63) is 168 Å². The van der Waals surface area contributed by atoms with Gasteiger partial charge in [-0.05, 0) is 121 Å². The van der Waals surface area contributed by atoms with Gasteiger partial charge in [-0.2, -0.15) is 0 Å². The second kappa shape index (κ2) is 13.4. The summed E-state index contributed by atoms with van der Waals surface area (Å²) in [4.78, 5) is 2.70. The zero-order valence-corrected chi connectivity index (χ0v) is 39.1. The van der Waals surface area contributed by atoms with E-state index in [-0.39, 0.29) is 134 Å². The quantitative estimate of drug-likeness (QED) is 0.162. The van der Waals surface area contributed by atoms with Gasteiger partial charge in [0.25, 0.3) is 6.71 Å². The first-order valence-electron chi connectivity index (χ1n) is 34.7. The molecular weight excluding hydrogens is 846 g/mol. The number of furan rings is 1. The number of hydrogen-bond acceptors (Lipinski definition) is 4. The summed E-state index contributed by atoms with van der Waals surface area (Å²) in [7, 11) is 0. The average molecular weight is 923 g/mol. The fourth-order valence-corrected chi connectivity index (χ4v) is 10.9. The van der Waals surface area contributed by atoms with Crippen molar-refractivity contribution in [1.82, 2.24) is 4.57 Å². The van der Waals surface area contributed by atoms with Gasteiger partial charge in [-0.25, -0.2) is 0 Å². The summed E-state index contributed by atoms with van der Waals surface area (Å²) in [6.45, 7) is 14.0. The van der Waals surface area contributed by atoms with Gasteiger partial charge in [0.05, 0.1) is 84.1 Å². The number of para-hydroxylation sites is 1. The molecular formula is C62H52BN3OS. The van der Waals surface area contributed by atoms with Crippen molar-refractivity contribution < 1.29 is 38.7 Å². The third kappa shape index (κ3) is 5.38. The van der Waals surface area contributed by atoms with Gasteiger partial charge in [-0.1, -0.05) is 147 Å². The van der Waals surface area contributed by atoms with E-state index in [9.17, 15) is 24.7 Å². The molecule has 0 saturated heterocycles. The smallest absolute Gasteiger partial charge is 0.297 e. The van der Waals surface area contributed by atoms with Gasteiger partial charge < -0.3 is 18.8 Å². The molecule has 0 N–H and O–H groups in total. The summed E-state index contributed by atoms with van der Waals surface area (Å²) in [5.74, 6) is 0. The number of nitrogens with zero attached hydrogens (tertiary/aromatic N) is 3. The van der Waals surface area contributed by atoms with Crippen molar-refractivity contribution in [2.75, 3.05) is 9.80 Å². The van der Waals surface area contributed by atoms with Crippen LogP contribution < -0.4 is 26.4 Å². The van der Waals surface area contributed by atoms with E-state index in [1.807, 2.05) is 0 Å². The van der Waals surface area contributed by atoms with Gasteiger partial charge in [-0.15, -0.1) is 11.3 Å².